The molecule has 0 saturated carbocycles. The maximum Gasteiger partial charge on any atom is 0.0110 e. The van der Waals surface area contributed by atoms with E-state index in [9.17, 15) is 0 Å². The summed E-state index contributed by atoms with van der Waals surface area (Å²) in [6.45, 7) is 36.1. The van der Waals surface area contributed by atoms with Crippen molar-refractivity contribution in [3.8, 4) is 0 Å². The van der Waals surface area contributed by atoms with Crippen LogP contribution in [0, 0.1) is 47.3 Å². The molecule has 28 heavy (non-hydrogen) atoms. The largest absolute Gasteiger partial charge is 0.302 e. The smallest absolute Gasteiger partial charge is 0.0110 e. The molecular formula is C26H56N2. The van der Waals surface area contributed by atoms with Gasteiger partial charge in [0.25, 0.3) is 0 Å². The Morgan fingerprint density at radius 3 is 0.679 bits per heavy atom. The third-order valence-corrected chi connectivity index (χ3v) is 7.47. The second-order valence-corrected chi connectivity index (χ2v) is 11.4. The van der Waals surface area contributed by atoms with Crippen LogP contribution in [0.25, 0.3) is 0 Å². The van der Waals surface area contributed by atoms with E-state index in [0.29, 0.717) is 0 Å². The second-order valence-electron chi connectivity index (χ2n) is 11.4. The Balaban J connectivity index is 5.06. The second kappa shape index (κ2) is 14.0. The minimum Gasteiger partial charge on any atom is -0.302 e. The minimum absolute atomic E-state index is 0.759. The van der Waals surface area contributed by atoms with Crippen LogP contribution in [0.2, 0.25) is 0 Å². The predicted octanol–water partition coefficient (Wildman–Crippen LogP) is 6.76. The van der Waals surface area contributed by atoms with Crippen molar-refractivity contribution in [3.05, 3.63) is 0 Å². The van der Waals surface area contributed by atoms with Gasteiger partial charge in [0.15, 0.2) is 0 Å². The highest BCUT2D eigenvalue weighted by Crippen LogP contribution is 2.19. The van der Waals surface area contributed by atoms with Gasteiger partial charge >= 0.3 is 0 Å². The fraction of sp³-hybridized carbons (Fsp3) is 1.00. The lowest BCUT2D eigenvalue weighted by Gasteiger charge is -2.35. The molecule has 0 heterocycles. The summed E-state index contributed by atoms with van der Waals surface area (Å²) in [4.78, 5) is 5.53. The number of hydrogen-bond donors (Lipinski definition) is 0. The monoisotopic (exact) mass is 396 g/mol. The maximum atomic E-state index is 2.77. The first-order valence-corrected chi connectivity index (χ1v) is 12.3. The molecule has 0 spiro atoms. The molecule has 0 aromatic rings. The fourth-order valence-corrected chi connectivity index (χ4v) is 3.27. The van der Waals surface area contributed by atoms with E-state index in [1.807, 2.05) is 0 Å². The highest BCUT2D eigenvalue weighted by molar-refractivity contribution is 4.74. The van der Waals surface area contributed by atoms with Crippen LogP contribution in [-0.4, -0.2) is 49.1 Å². The van der Waals surface area contributed by atoms with Gasteiger partial charge in [0.05, 0.1) is 0 Å². The van der Waals surface area contributed by atoms with Crippen LogP contribution < -0.4 is 0 Å². The van der Waals surface area contributed by atoms with E-state index in [1.54, 1.807) is 0 Å². The van der Waals surface area contributed by atoms with Gasteiger partial charge in [-0.15, -0.1) is 0 Å². The molecule has 0 N–H and O–H groups in total. The van der Waals surface area contributed by atoms with E-state index >= 15 is 0 Å². The van der Waals surface area contributed by atoms with Crippen LogP contribution in [-0.2, 0) is 0 Å². The summed E-state index contributed by atoms with van der Waals surface area (Å²) in [7, 11) is 0. The summed E-state index contributed by atoms with van der Waals surface area (Å²) in [6, 6.07) is 0. The van der Waals surface area contributed by atoms with Crippen molar-refractivity contribution in [3.63, 3.8) is 0 Å². The molecule has 0 aromatic carbocycles. The zero-order valence-electron chi connectivity index (χ0n) is 21.8. The zero-order chi connectivity index (χ0) is 22.0. The standard InChI is InChI=1S/C26H56N2/c1-19(2)23(9)15-27(16-24(10)20(3)4)13-14-28(17-25(11)21(5)6)18-26(12)22(7)8/h19-26H,13-18H2,1-12H3. The van der Waals surface area contributed by atoms with Gasteiger partial charge in [-0.2, -0.15) is 0 Å². The Labute approximate surface area is 179 Å². The predicted molar refractivity (Wildman–Crippen MR) is 129 cm³/mol. The van der Waals surface area contributed by atoms with Crippen molar-refractivity contribution in [1.29, 1.82) is 0 Å². The third kappa shape index (κ3) is 11.8. The van der Waals surface area contributed by atoms with Crippen molar-refractivity contribution in [2.45, 2.75) is 83.1 Å². The maximum absolute atomic E-state index is 2.77. The minimum atomic E-state index is 0.759. The van der Waals surface area contributed by atoms with Gasteiger partial charge in [0.1, 0.15) is 0 Å². The Bertz CT molecular complexity index is 307. The molecule has 0 bridgehead atoms. The normalized spacial score (nSPS) is 17.4. The number of rotatable bonds is 15. The molecule has 2 heteroatoms. The topological polar surface area (TPSA) is 6.48 Å². The highest BCUT2D eigenvalue weighted by Gasteiger charge is 2.21. The molecule has 0 radical (unpaired) electrons. The van der Waals surface area contributed by atoms with Crippen molar-refractivity contribution in [2.24, 2.45) is 47.3 Å². The molecule has 4 atom stereocenters. The molecule has 0 fully saturated rings. The lowest BCUT2D eigenvalue weighted by molar-refractivity contribution is 0.122. The van der Waals surface area contributed by atoms with Crippen molar-refractivity contribution in [2.75, 3.05) is 39.3 Å². The number of hydrogen-bond acceptors (Lipinski definition) is 2. The third-order valence-electron chi connectivity index (χ3n) is 7.47. The van der Waals surface area contributed by atoms with Gasteiger partial charge in [0.2, 0.25) is 0 Å². The van der Waals surface area contributed by atoms with Gasteiger partial charge in [-0.3, -0.25) is 0 Å². The molecule has 0 aliphatic carbocycles. The SMILES string of the molecule is CC(C)C(C)CN(CCN(CC(C)C(C)C)CC(C)C(C)C)CC(C)C(C)C. The molecule has 0 rings (SSSR count). The van der Waals surface area contributed by atoms with E-state index in [1.165, 1.54) is 39.3 Å². The first-order valence-electron chi connectivity index (χ1n) is 12.3. The molecule has 0 aromatic heterocycles. The molecule has 4 unspecified atom stereocenters. The zero-order valence-corrected chi connectivity index (χ0v) is 21.8. The van der Waals surface area contributed by atoms with Gasteiger partial charge < -0.3 is 9.80 Å². The van der Waals surface area contributed by atoms with Crippen LogP contribution in [0.4, 0.5) is 0 Å². The van der Waals surface area contributed by atoms with E-state index < -0.39 is 0 Å². The van der Waals surface area contributed by atoms with E-state index in [2.05, 4.69) is 92.9 Å². The highest BCUT2D eigenvalue weighted by atomic mass is 15.2. The van der Waals surface area contributed by atoms with Gasteiger partial charge in [-0.05, 0) is 47.3 Å². The lowest BCUT2D eigenvalue weighted by atomic mass is 9.94. The van der Waals surface area contributed by atoms with E-state index in [0.717, 1.165) is 47.3 Å². The van der Waals surface area contributed by atoms with Crippen LogP contribution in [0.5, 0.6) is 0 Å². The molecule has 0 saturated heterocycles. The van der Waals surface area contributed by atoms with Gasteiger partial charge in [-0.1, -0.05) is 83.1 Å². The van der Waals surface area contributed by atoms with Crippen LogP contribution in [0.15, 0.2) is 0 Å². The van der Waals surface area contributed by atoms with Crippen LogP contribution in [0.3, 0.4) is 0 Å². The first kappa shape index (κ1) is 27.9. The van der Waals surface area contributed by atoms with Crippen molar-refractivity contribution in [1.82, 2.24) is 9.80 Å². The average molecular weight is 397 g/mol. The summed E-state index contributed by atoms with van der Waals surface area (Å²) < 4.78 is 0. The Morgan fingerprint density at radius 1 is 0.357 bits per heavy atom. The summed E-state index contributed by atoms with van der Waals surface area (Å²) in [6.07, 6.45) is 0. The first-order chi connectivity index (χ1) is 12.8. The van der Waals surface area contributed by atoms with Crippen LogP contribution in [0.1, 0.15) is 83.1 Å². The quantitative estimate of drug-likeness (QED) is 0.302. The van der Waals surface area contributed by atoms with E-state index in [-0.39, 0.29) is 0 Å². The van der Waals surface area contributed by atoms with Crippen molar-refractivity contribution >= 4 is 0 Å². The summed E-state index contributed by atoms with van der Waals surface area (Å²) in [5.74, 6) is 6.08. The summed E-state index contributed by atoms with van der Waals surface area (Å²) in [5.41, 5.74) is 0. The van der Waals surface area contributed by atoms with E-state index in [4.69, 9.17) is 0 Å². The number of nitrogens with zero attached hydrogens (tertiary/aromatic N) is 2. The molecule has 2 nitrogen and oxygen atoms in total. The Kier molecular flexibility index (Phi) is 14.0. The van der Waals surface area contributed by atoms with Crippen molar-refractivity contribution < 1.29 is 0 Å². The molecular weight excluding hydrogens is 340 g/mol. The van der Waals surface area contributed by atoms with Crippen LogP contribution >= 0.6 is 0 Å². The summed E-state index contributed by atoms with van der Waals surface area (Å²) >= 11 is 0. The molecule has 0 amide bonds. The molecule has 170 valence electrons. The van der Waals surface area contributed by atoms with Gasteiger partial charge in [-0.25, -0.2) is 0 Å². The Morgan fingerprint density at radius 2 is 0.536 bits per heavy atom. The molecule has 0 aliphatic rings. The van der Waals surface area contributed by atoms with Gasteiger partial charge in [0, 0.05) is 39.3 Å². The lowest BCUT2D eigenvalue weighted by Crippen LogP contribution is -2.43. The summed E-state index contributed by atoms with van der Waals surface area (Å²) in [5, 5.41) is 0. The Hall–Kier alpha value is -0.0800. The average Bonchev–Trinajstić information content (AvgIpc) is 2.58. The molecule has 0 aliphatic heterocycles. The fourth-order valence-electron chi connectivity index (χ4n) is 3.27.